The molecule has 0 spiro atoms. The Morgan fingerprint density at radius 3 is 3.00 bits per heavy atom. The number of fused-ring (bicyclic) bond motifs is 1. The van der Waals surface area contributed by atoms with Crippen molar-refractivity contribution in [2.45, 2.75) is 45.4 Å². The normalized spacial score (nSPS) is 14.6. The number of hydrogen-bond acceptors (Lipinski definition) is 3. The van der Waals surface area contributed by atoms with Crippen LogP contribution in [0.1, 0.15) is 41.8 Å². The molecule has 1 aromatic heterocycles. The maximum atomic E-state index is 10.7. The van der Waals surface area contributed by atoms with E-state index in [1.54, 1.807) is 6.92 Å². The molecular weight excluding hydrogens is 220 g/mol. The van der Waals surface area contributed by atoms with E-state index in [1.165, 1.54) is 34.8 Å². The number of hydrogen-bond donors (Lipinski definition) is 1. The van der Waals surface area contributed by atoms with Crippen molar-refractivity contribution in [2.75, 3.05) is 6.54 Å². The van der Waals surface area contributed by atoms with Crippen molar-refractivity contribution in [3.63, 3.8) is 0 Å². The van der Waals surface area contributed by atoms with Crippen molar-refractivity contribution >= 4 is 17.2 Å². The van der Waals surface area contributed by atoms with Crippen molar-refractivity contribution < 1.29 is 4.79 Å². The monoisotopic (exact) mass is 238 g/mol. The summed E-state index contributed by atoms with van der Waals surface area (Å²) in [6.45, 7) is 2.32. The maximum absolute atomic E-state index is 10.7. The highest BCUT2D eigenvalue weighted by atomic mass is 32.1. The van der Waals surface area contributed by atoms with Crippen LogP contribution < -0.4 is 5.32 Å². The van der Waals surface area contributed by atoms with E-state index in [9.17, 15) is 4.79 Å². The summed E-state index contributed by atoms with van der Waals surface area (Å²) in [6, 6.07) is 0. The first kappa shape index (κ1) is 11.6. The summed E-state index contributed by atoms with van der Waals surface area (Å²) >= 11 is 1.87. The first-order valence-electron chi connectivity index (χ1n) is 5.97. The second-order valence-electron chi connectivity index (χ2n) is 4.27. The van der Waals surface area contributed by atoms with Gasteiger partial charge in [0.15, 0.2) is 0 Å². The van der Waals surface area contributed by atoms with E-state index in [0.717, 1.165) is 25.8 Å². The van der Waals surface area contributed by atoms with Gasteiger partial charge in [-0.15, -0.1) is 11.3 Å². The van der Waals surface area contributed by atoms with Crippen LogP contribution in [0.15, 0.2) is 0 Å². The Morgan fingerprint density at radius 2 is 2.25 bits per heavy atom. The van der Waals surface area contributed by atoms with Gasteiger partial charge in [0.25, 0.3) is 0 Å². The fourth-order valence-corrected chi connectivity index (χ4v) is 3.22. The molecule has 1 aliphatic rings. The molecule has 1 aliphatic carbocycles. The van der Waals surface area contributed by atoms with Crippen LogP contribution in [0.4, 0.5) is 0 Å². The average Bonchev–Trinajstić information content (AvgIpc) is 2.66. The van der Waals surface area contributed by atoms with E-state index >= 15 is 0 Å². The molecule has 1 heterocycles. The zero-order valence-electron chi connectivity index (χ0n) is 9.71. The van der Waals surface area contributed by atoms with Gasteiger partial charge in [-0.1, -0.05) is 0 Å². The van der Waals surface area contributed by atoms with Gasteiger partial charge < -0.3 is 5.32 Å². The molecule has 0 bridgehead atoms. The number of carbonyl (C=O) groups excluding carboxylic acids is 1. The molecule has 2 rings (SSSR count). The van der Waals surface area contributed by atoms with E-state index in [-0.39, 0.29) is 5.91 Å². The van der Waals surface area contributed by atoms with Gasteiger partial charge in [0.2, 0.25) is 5.91 Å². The largest absolute Gasteiger partial charge is 0.356 e. The number of aryl methyl sites for hydroxylation is 3. The molecule has 0 radical (unpaired) electrons. The third-order valence-corrected chi connectivity index (χ3v) is 4.05. The van der Waals surface area contributed by atoms with E-state index in [0.29, 0.717) is 0 Å². The summed E-state index contributed by atoms with van der Waals surface area (Å²) in [7, 11) is 0. The molecule has 0 atom stereocenters. The SMILES string of the molecule is CC(=O)NCCCc1nc2c(s1)CCCC2. The Morgan fingerprint density at radius 1 is 1.44 bits per heavy atom. The van der Waals surface area contributed by atoms with Gasteiger partial charge in [0, 0.05) is 24.8 Å². The third kappa shape index (κ3) is 3.04. The Labute approximate surface area is 100 Å². The number of aromatic nitrogens is 1. The van der Waals surface area contributed by atoms with Crippen molar-refractivity contribution in [3.8, 4) is 0 Å². The predicted octanol–water partition coefficient (Wildman–Crippen LogP) is 2.09. The van der Waals surface area contributed by atoms with Gasteiger partial charge in [-0.3, -0.25) is 4.79 Å². The molecule has 16 heavy (non-hydrogen) atoms. The molecule has 0 unspecified atom stereocenters. The molecule has 3 nitrogen and oxygen atoms in total. The van der Waals surface area contributed by atoms with Crippen LogP contribution in [-0.2, 0) is 24.1 Å². The number of nitrogens with one attached hydrogen (secondary N) is 1. The highest BCUT2D eigenvalue weighted by Gasteiger charge is 2.14. The minimum absolute atomic E-state index is 0.0541. The molecule has 0 fully saturated rings. The summed E-state index contributed by atoms with van der Waals surface area (Å²) < 4.78 is 0. The molecule has 0 saturated carbocycles. The van der Waals surface area contributed by atoms with Crippen molar-refractivity contribution in [1.82, 2.24) is 10.3 Å². The molecule has 1 aromatic rings. The molecule has 88 valence electrons. The number of rotatable bonds is 4. The van der Waals surface area contributed by atoms with Crippen molar-refractivity contribution in [1.29, 1.82) is 0 Å². The van der Waals surface area contributed by atoms with Crippen molar-refractivity contribution in [2.24, 2.45) is 0 Å². The lowest BCUT2D eigenvalue weighted by atomic mass is 10.0. The Kier molecular flexibility index (Phi) is 3.93. The zero-order chi connectivity index (χ0) is 11.4. The second kappa shape index (κ2) is 5.43. The second-order valence-corrected chi connectivity index (χ2v) is 5.44. The Bertz CT molecular complexity index is 350. The first-order chi connectivity index (χ1) is 7.75. The molecule has 1 N–H and O–H groups in total. The molecule has 0 aliphatic heterocycles. The van der Waals surface area contributed by atoms with Gasteiger partial charge in [-0.05, 0) is 32.1 Å². The number of carbonyl (C=O) groups is 1. The van der Waals surface area contributed by atoms with Crippen LogP contribution in [0.3, 0.4) is 0 Å². The molecule has 0 aromatic carbocycles. The number of nitrogens with zero attached hydrogens (tertiary/aromatic N) is 1. The summed E-state index contributed by atoms with van der Waals surface area (Å²) in [6.07, 6.45) is 6.99. The minimum Gasteiger partial charge on any atom is -0.356 e. The van der Waals surface area contributed by atoms with Gasteiger partial charge in [0.1, 0.15) is 0 Å². The lowest BCUT2D eigenvalue weighted by molar-refractivity contribution is -0.118. The van der Waals surface area contributed by atoms with Crippen LogP contribution in [0.25, 0.3) is 0 Å². The van der Waals surface area contributed by atoms with Crippen LogP contribution >= 0.6 is 11.3 Å². The number of amides is 1. The summed E-state index contributed by atoms with van der Waals surface area (Å²) in [4.78, 5) is 16.9. The Balaban J connectivity index is 1.81. The highest BCUT2D eigenvalue weighted by molar-refractivity contribution is 7.11. The van der Waals surface area contributed by atoms with Gasteiger partial charge >= 0.3 is 0 Å². The number of thiazole rings is 1. The molecule has 1 amide bonds. The lowest BCUT2D eigenvalue weighted by Gasteiger charge is -2.06. The Hall–Kier alpha value is -0.900. The fourth-order valence-electron chi connectivity index (χ4n) is 2.02. The molecule has 0 saturated heterocycles. The quantitative estimate of drug-likeness (QED) is 0.816. The molecular formula is C12H18N2OS. The van der Waals surface area contributed by atoms with E-state index in [1.807, 2.05) is 11.3 Å². The lowest BCUT2D eigenvalue weighted by Crippen LogP contribution is -2.21. The third-order valence-electron chi connectivity index (χ3n) is 2.83. The highest BCUT2D eigenvalue weighted by Crippen LogP contribution is 2.27. The predicted molar refractivity (Wildman–Crippen MR) is 65.8 cm³/mol. The van der Waals surface area contributed by atoms with Gasteiger partial charge in [-0.2, -0.15) is 0 Å². The summed E-state index contributed by atoms with van der Waals surface area (Å²) in [5.41, 5.74) is 1.34. The standard InChI is InChI=1S/C12H18N2OS/c1-9(15)13-8-4-7-12-14-10-5-2-3-6-11(10)16-12/h2-8H2,1H3,(H,13,15). The average molecular weight is 238 g/mol. The zero-order valence-corrected chi connectivity index (χ0v) is 10.5. The molecule has 4 heteroatoms. The fraction of sp³-hybridized carbons (Fsp3) is 0.667. The van der Waals surface area contributed by atoms with Crippen LogP contribution in [0.5, 0.6) is 0 Å². The van der Waals surface area contributed by atoms with Crippen molar-refractivity contribution in [3.05, 3.63) is 15.6 Å². The van der Waals surface area contributed by atoms with Crippen LogP contribution in [0, 0.1) is 0 Å². The topological polar surface area (TPSA) is 42.0 Å². The van der Waals surface area contributed by atoms with Crippen LogP contribution in [0.2, 0.25) is 0 Å². The first-order valence-corrected chi connectivity index (χ1v) is 6.79. The maximum Gasteiger partial charge on any atom is 0.216 e. The van der Waals surface area contributed by atoms with E-state index in [2.05, 4.69) is 10.3 Å². The minimum atomic E-state index is 0.0541. The van der Waals surface area contributed by atoms with Crippen LogP contribution in [-0.4, -0.2) is 17.4 Å². The summed E-state index contributed by atoms with van der Waals surface area (Å²) in [5.74, 6) is 0.0541. The smallest absolute Gasteiger partial charge is 0.216 e. The van der Waals surface area contributed by atoms with Gasteiger partial charge in [0.05, 0.1) is 10.7 Å². The van der Waals surface area contributed by atoms with Gasteiger partial charge in [-0.25, -0.2) is 4.98 Å². The van der Waals surface area contributed by atoms with E-state index in [4.69, 9.17) is 0 Å². The van der Waals surface area contributed by atoms with E-state index < -0.39 is 0 Å². The summed E-state index contributed by atoms with van der Waals surface area (Å²) in [5, 5.41) is 4.06.